The maximum absolute atomic E-state index is 13.8. The fourth-order valence-electron chi connectivity index (χ4n) is 3.79. The minimum Gasteiger partial charge on any atom is -0.487 e. The van der Waals surface area contributed by atoms with Crippen molar-refractivity contribution in [3.05, 3.63) is 65.5 Å². The van der Waals surface area contributed by atoms with Crippen LogP contribution in [-0.2, 0) is 0 Å². The van der Waals surface area contributed by atoms with Crippen LogP contribution < -0.4 is 10.1 Å². The lowest BCUT2D eigenvalue weighted by Crippen LogP contribution is -2.49. The molecule has 4 rings (SSSR count). The molecule has 1 heterocycles. The SMILES string of the molecule is OC(CNC1CC2(CCC2)Oc2ccccc21)c1ccccc1F. The van der Waals surface area contributed by atoms with Crippen LogP contribution in [-0.4, -0.2) is 17.3 Å². The Labute approximate surface area is 141 Å². The minimum atomic E-state index is -0.862. The van der Waals surface area contributed by atoms with Gasteiger partial charge in [-0.3, -0.25) is 0 Å². The van der Waals surface area contributed by atoms with Crippen LogP contribution in [0.5, 0.6) is 5.75 Å². The van der Waals surface area contributed by atoms with Crippen LogP contribution in [0.2, 0.25) is 0 Å². The number of benzene rings is 2. The van der Waals surface area contributed by atoms with Crippen molar-refractivity contribution in [2.24, 2.45) is 0 Å². The van der Waals surface area contributed by atoms with Crippen LogP contribution in [0.4, 0.5) is 4.39 Å². The summed E-state index contributed by atoms with van der Waals surface area (Å²) in [7, 11) is 0. The molecule has 0 radical (unpaired) electrons. The van der Waals surface area contributed by atoms with E-state index in [0.29, 0.717) is 12.1 Å². The van der Waals surface area contributed by atoms with Gasteiger partial charge in [-0.15, -0.1) is 0 Å². The Hall–Kier alpha value is -1.91. The summed E-state index contributed by atoms with van der Waals surface area (Å²) in [5.74, 6) is 0.566. The molecule has 2 aromatic carbocycles. The number of fused-ring (bicyclic) bond motifs is 1. The Morgan fingerprint density at radius 1 is 1.17 bits per heavy atom. The second kappa shape index (κ2) is 6.19. The minimum absolute atomic E-state index is 0.0605. The number of rotatable bonds is 4. The van der Waals surface area contributed by atoms with Crippen LogP contribution in [0.3, 0.4) is 0 Å². The van der Waals surface area contributed by atoms with Gasteiger partial charge in [-0.2, -0.15) is 0 Å². The maximum atomic E-state index is 13.8. The molecule has 0 amide bonds. The smallest absolute Gasteiger partial charge is 0.129 e. The van der Waals surface area contributed by atoms with Crippen molar-refractivity contribution in [2.75, 3.05) is 6.54 Å². The first-order valence-electron chi connectivity index (χ1n) is 8.61. The fourth-order valence-corrected chi connectivity index (χ4v) is 3.79. The van der Waals surface area contributed by atoms with Crippen molar-refractivity contribution in [1.82, 2.24) is 5.32 Å². The van der Waals surface area contributed by atoms with Gasteiger partial charge >= 0.3 is 0 Å². The van der Waals surface area contributed by atoms with Crippen molar-refractivity contribution in [1.29, 1.82) is 0 Å². The number of nitrogens with one attached hydrogen (secondary N) is 1. The summed E-state index contributed by atoms with van der Waals surface area (Å²) in [5.41, 5.74) is 1.40. The molecule has 1 spiro atoms. The molecule has 3 nitrogen and oxygen atoms in total. The lowest BCUT2D eigenvalue weighted by Gasteiger charge is -2.48. The molecule has 1 saturated carbocycles. The zero-order chi connectivity index (χ0) is 16.6. The molecule has 1 aliphatic carbocycles. The maximum Gasteiger partial charge on any atom is 0.129 e. The summed E-state index contributed by atoms with van der Waals surface area (Å²) < 4.78 is 20.1. The van der Waals surface area contributed by atoms with Gasteiger partial charge in [0.25, 0.3) is 0 Å². The van der Waals surface area contributed by atoms with Crippen molar-refractivity contribution < 1.29 is 14.2 Å². The quantitative estimate of drug-likeness (QED) is 0.895. The van der Waals surface area contributed by atoms with E-state index in [0.717, 1.165) is 30.6 Å². The molecule has 2 aliphatic rings. The Kier molecular flexibility index (Phi) is 4.02. The highest BCUT2D eigenvalue weighted by Crippen LogP contribution is 2.48. The summed E-state index contributed by atoms with van der Waals surface area (Å²) in [6, 6.07) is 14.6. The highest BCUT2D eigenvalue weighted by molar-refractivity contribution is 5.39. The number of para-hydroxylation sites is 1. The van der Waals surface area contributed by atoms with Crippen LogP contribution in [0.15, 0.2) is 48.5 Å². The van der Waals surface area contributed by atoms with E-state index in [1.807, 2.05) is 18.2 Å². The number of hydrogen-bond donors (Lipinski definition) is 2. The first-order chi connectivity index (χ1) is 11.7. The predicted octanol–water partition coefficient (Wildman–Crippen LogP) is 3.90. The van der Waals surface area contributed by atoms with E-state index in [4.69, 9.17) is 4.74 Å². The fraction of sp³-hybridized carbons (Fsp3) is 0.400. The highest BCUT2D eigenvalue weighted by Gasteiger charge is 2.45. The lowest BCUT2D eigenvalue weighted by molar-refractivity contribution is -0.0379. The van der Waals surface area contributed by atoms with Gasteiger partial charge < -0.3 is 15.2 Å². The molecule has 126 valence electrons. The van der Waals surface area contributed by atoms with E-state index in [2.05, 4.69) is 11.4 Å². The summed E-state index contributed by atoms with van der Waals surface area (Å²) >= 11 is 0. The van der Waals surface area contributed by atoms with Crippen molar-refractivity contribution >= 4 is 0 Å². The molecule has 2 atom stereocenters. The molecule has 2 N–H and O–H groups in total. The van der Waals surface area contributed by atoms with Gasteiger partial charge in [-0.05, 0) is 31.4 Å². The molecule has 0 aromatic heterocycles. The molecule has 2 aromatic rings. The molecule has 0 saturated heterocycles. The zero-order valence-corrected chi connectivity index (χ0v) is 13.5. The average Bonchev–Trinajstić information content (AvgIpc) is 2.58. The first-order valence-corrected chi connectivity index (χ1v) is 8.61. The van der Waals surface area contributed by atoms with Gasteiger partial charge in [0.1, 0.15) is 17.2 Å². The Morgan fingerprint density at radius 3 is 2.67 bits per heavy atom. The molecule has 2 unspecified atom stereocenters. The van der Waals surface area contributed by atoms with E-state index in [1.54, 1.807) is 18.2 Å². The number of ether oxygens (including phenoxy) is 1. The van der Waals surface area contributed by atoms with Crippen LogP contribution >= 0.6 is 0 Å². The van der Waals surface area contributed by atoms with E-state index in [1.165, 1.54) is 12.5 Å². The molecule has 1 fully saturated rings. The highest BCUT2D eigenvalue weighted by atomic mass is 19.1. The summed E-state index contributed by atoms with van der Waals surface area (Å²) in [5, 5.41) is 13.8. The summed E-state index contributed by atoms with van der Waals surface area (Å²) in [4.78, 5) is 0. The third-order valence-electron chi connectivity index (χ3n) is 5.28. The van der Waals surface area contributed by atoms with Gasteiger partial charge in [-0.1, -0.05) is 36.4 Å². The first kappa shape index (κ1) is 15.6. The summed E-state index contributed by atoms with van der Waals surface area (Å²) in [6.45, 7) is 0.315. The molecule has 24 heavy (non-hydrogen) atoms. The van der Waals surface area contributed by atoms with Crippen LogP contribution in [0, 0.1) is 5.82 Å². The van der Waals surface area contributed by atoms with Gasteiger partial charge in [0, 0.05) is 30.1 Å². The lowest BCUT2D eigenvalue weighted by atomic mass is 9.73. The molecule has 1 aliphatic heterocycles. The largest absolute Gasteiger partial charge is 0.487 e. The molecular formula is C20H22FNO2. The zero-order valence-electron chi connectivity index (χ0n) is 13.5. The third kappa shape index (κ3) is 2.80. The van der Waals surface area contributed by atoms with E-state index < -0.39 is 6.10 Å². The van der Waals surface area contributed by atoms with E-state index in [-0.39, 0.29) is 17.5 Å². The van der Waals surface area contributed by atoms with Gasteiger partial charge in [0.2, 0.25) is 0 Å². The van der Waals surface area contributed by atoms with Crippen LogP contribution in [0.1, 0.15) is 49.0 Å². The standard InChI is InChI=1S/C20H22FNO2/c21-16-8-3-1-6-14(16)18(23)13-22-17-12-20(10-5-11-20)24-19-9-4-2-7-15(17)19/h1-4,6-9,17-18,22-23H,5,10-13H2. The number of hydrogen-bond acceptors (Lipinski definition) is 3. The normalized spacial score (nSPS) is 22.3. The van der Waals surface area contributed by atoms with Crippen molar-refractivity contribution in [2.45, 2.75) is 43.4 Å². The summed E-state index contributed by atoms with van der Waals surface area (Å²) in [6.07, 6.45) is 3.39. The average molecular weight is 327 g/mol. The molecular weight excluding hydrogens is 305 g/mol. The Bertz CT molecular complexity index is 729. The molecule has 4 heteroatoms. The van der Waals surface area contributed by atoms with Crippen LogP contribution in [0.25, 0.3) is 0 Å². The van der Waals surface area contributed by atoms with E-state index >= 15 is 0 Å². The Balaban J connectivity index is 1.50. The number of halogens is 1. The van der Waals surface area contributed by atoms with E-state index in [9.17, 15) is 9.50 Å². The monoisotopic (exact) mass is 327 g/mol. The van der Waals surface area contributed by atoms with Gasteiger partial charge in [0.05, 0.1) is 6.10 Å². The van der Waals surface area contributed by atoms with Crippen molar-refractivity contribution in [3.8, 4) is 5.75 Å². The second-order valence-corrected chi connectivity index (χ2v) is 6.88. The second-order valence-electron chi connectivity index (χ2n) is 6.88. The van der Waals surface area contributed by atoms with Gasteiger partial charge in [-0.25, -0.2) is 4.39 Å². The predicted molar refractivity (Wildman–Crippen MR) is 90.4 cm³/mol. The third-order valence-corrected chi connectivity index (χ3v) is 5.28. The van der Waals surface area contributed by atoms with Crippen molar-refractivity contribution in [3.63, 3.8) is 0 Å². The number of aliphatic hydroxyl groups is 1. The number of aliphatic hydroxyl groups excluding tert-OH is 1. The Morgan fingerprint density at radius 2 is 1.92 bits per heavy atom. The van der Waals surface area contributed by atoms with Gasteiger partial charge in [0.15, 0.2) is 0 Å². The topological polar surface area (TPSA) is 41.5 Å². The molecule has 0 bridgehead atoms.